The molecule has 1 aliphatic rings. The lowest BCUT2D eigenvalue weighted by Gasteiger charge is -2.31. The summed E-state index contributed by atoms with van der Waals surface area (Å²) in [5.74, 6) is 2.36. The van der Waals surface area contributed by atoms with Crippen molar-refractivity contribution in [3.63, 3.8) is 0 Å². The molecule has 1 aliphatic carbocycles. The second kappa shape index (κ2) is 8.80. The average molecular weight is 308 g/mol. The van der Waals surface area contributed by atoms with Gasteiger partial charge in [0.1, 0.15) is 0 Å². The van der Waals surface area contributed by atoms with Gasteiger partial charge in [0.2, 0.25) is 0 Å². The summed E-state index contributed by atoms with van der Waals surface area (Å²) in [6.45, 7) is 6.83. The third-order valence-electron chi connectivity index (χ3n) is 4.66. The predicted molar refractivity (Wildman–Crippen MR) is 92.9 cm³/mol. The monoisotopic (exact) mass is 307 g/mol. The molecular weight excluding hydrogens is 278 g/mol. The smallest absolute Gasteiger partial charge is 0.0408 e. The first-order chi connectivity index (χ1) is 10.1. The van der Waals surface area contributed by atoms with Crippen molar-refractivity contribution >= 4 is 11.6 Å². The standard InChI is InChI=1S/C19H30ClN/c1-15(2)13-21-14-18(17-8-4-3-5-9-17)11-16-7-6-10-19(20)12-16/h6-7,10,12,15,17-18,21H,3-5,8-9,11,13-14H2,1-2H3. The minimum absolute atomic E-state index is 0.725. The van der Waals surface area contributed by atoms with Gasteiger partial charge in [0.05, 0.1) is 0 Å². The Labute approximate surface area is 135 Å². The molecule has 0 spiro atoms. The Morgan fingerprint density at radius 1 is 1.14 bits per heavy atom. The molecule has 1 atom stereocenters. The highest BCUT2D eigenvalue weighted by Gasteiger charge is 2.23. The Kier molecular flexibility index (Phi) is 7.06. The molecule has 1 aromatic carbocycles. The van der Waals surface area contributed by atoms with Gasteiger partial charge in [0.25, 0.3) is 0 Å². The van der Waals surface area contributed by atoms with E-state index < -0.39 is 0 Å². The van der Waals surface area contributed by atoms with E-state index in [0.717, 1.165) is 42.3 Å². The van der Waals surface area contributed by atoms with Gasteiger partial charge in [-0.25, -0.2) is 0 Å². The first kappa shape index (κ1) is 16.8. The van der Waals surface area contributed by atoms with Crippen LogP contribution in [0.3, 0.4) is 0 Å². The van der Waals surface area contributed by atoms with Gasteiger partial charge in [0, 0.05) is 5.02 Å². The molecule has 0 bridgehead atoms. The zero-order chi connectivity index (χ0) is 15.1. The van der Waals surface area contributed by atoms with Crippen molar-refractivity contribution in [3.8, 4) is 0 Å². The summed E-state index contributed by atoms with van der Waals surface area (Å²) in [5, 5.41) is 4.55. The second-order valence-corrected chi connectivity index (χ2v) is 7.48. The maximum absolute atomic E-state index is 6.14. The van der Waals surface area contributed by atoms with Crippen LogP contribution in [-0.4, -0.2) is 13.1 Å². The minimum atomic E-state index is 0.725. The Hall–Kier alpha value is -0.530. The molecule has 1 N–H and O–H groups in total. The molecule has 2 rings (SSSR count). The van der Waals surface area contributed by atoms with Crippen LogP contribution >= 0.6 is 11.6 Å². The topological polar surface area (TPSA) is 12.0 Å². The van der Waals surface area contributed by atoms with Crippen LogP contribution in [0.4, 0.5) is 0 Å². The van der Waals surface area contributed by atoms with Crippen molar-refractivity contribution in [3.05, 3.63) is 34.9 Å². The summed E-state index contributed by atoms with van der Waals surface area (Å²) < 4.78 is 0. The number of hydrogen-bond donors (Lipinski definition) is 1. The van der Waals surface area contributed by atoms with Gasteiger partial charge in [-0.15, -0.1) is 0 Å². The first-order valence-corrected chi connectivity index (χ1v) is 8.98. The number of nitrogens with one attached hydrogen (secondary N) is 1. The summed E-state index contributed by atoms with van der Waals surface area (Å²) in [4.78, 5) is 0. The maximum Gasteiger partial charge on any atom is 0.0408 e. The van der Waals surface area contributed by atoms with E-state index in [2.05, 4.69) is 37.4 Å². The van der Waals surface area contributed by atoms with Crippen molar-refractivity contribution in [2.24, 2.45) is 17.8 Å². The zero-order valence-electron chi connectivity index (χ0n) is 13.6. The molecule has 0 aromatic heterocycles. The molecule has 2 heteroatoms. The van der Waals surface area contributed by atoms with Crippen molar-refractivity contribution in [2.75, 3.05) is 13.1 Å². The summed E-state index contributed by atoms with van der Waals surface area (Å²) in [7, 11) is 0. The fraction of sp³-hybridized carbons (Fsp3) is 0.684. The highest BCUT2D eigenvalue weighted by Crippen LogP contribution is 2.32. The summed E-state index contributed by atoms with van der Waals surface area (Å²) >= 11 is 6.14. The minimum Gasteiger partial charge on any atom is -0.316 e. The van der Waals surface area contributed by atoms with Gasteiger partial charge < -0.3 is 5.32 Å². The number of benzene rings is 1. The van der Waals surface area contributed by atoms with Gasteiger partial charge in [-0.1, -0.05) is 69.7 Å². The second-order valence-electron chi connectivity index (χ2n) is 7.04. The molecule has 1 aromatic rings. The fourth-order valence-corrected chi connectivity index (χ4v) is 3.75. The largest absolute Gasteiger partial charge is 0.316 e. The Balaban J connectivity index is 1.96. The van der Waals surface area contributed by atoms with Crippen molar-refractivity contribution in [1.82, 2.24) is 5.32 Å². The molecule has 118 valence electrons. The summed E-state index contributed by atoms with van der Waals surface area (Å²) in [6.07, 6.45) is 8.25. The number of hydrogen-bond acceptors (Lipinski definition) is 1. The van der Waals surface area contributed by atoms with E-state index in [1.807, 2.05) is 6.07 Å². The van der Waals surface area contributed by atoms with E-state index in [1.165, 1.54) is 37.7 Å². The van der Waals surface area contributed by atoms with E-state index in [1.54, 1.807) is 0 Å². The Bertz CT molecular complexity index is 410. The van der Waals surface area contributed by atoms with E-state index in [0.29, 0.717) is 0 Å². The molecule has 0 aliphatic heterocycles. The third-order valence-corrected chi connectivity index (χ3v) is 4.90. The van der Waals surface area contributed by atoms with E-state index in [-0.39, 0.29) is 0 Å². The third kappa shape index (κ3) is 6.00. The normalized spacial score (nSPS) is 18.1. The fourth-order valence-electron chi connectivity index (χ4n) is 3.54. The Morgan fingerprint density at radius 3 is 2.57 bits per heavy atom. The van der Waals surface area contributed by atoms with Crippen LogP contribution < -0.4 is 5.32 Å². The first-order valence-electron chi connectivity index (χ1n) is 8.60. The van der Waals surface area contributed by atoms with Crippen LogP contribution in [0.5, 0.6) is 0 Å². The SMILES string of the molecule is CC(C)CNCC(Cc1cccc(Cl)c1)C1CCCCC1. The van der Waals surface area contributed by atoms with Crippen LogP contribution in [-0.2, 0) is 6.42 Å². The molecule has 1 saturated carbocycles. The molecule has 1 nitrogen and oxygen atoms in total. The van der Waals surface area contributed by atoms with E-state index in [4.69, 9.17) is 11.6 Å². The molecule has 0 amide bonds. The molecule has 21 heavy (non-hydrogen) atoms. The molecule has 0 saturated heterocycles. The van der Waals surface area contributed by atoms with Crippen molar-refractivity contribution in [1.29, 1.82) is 0 Å². The average Bonchev–Trinajstić information content (AvgIpc) is 2.47. The highest BCUT2D eigenvalue weighted by atomic mass is 35.5. The zero-order valence-corrected chi connectivity index (χ0v) is 14.3. The lowest BCUT2D eigenvalue weighted by molar-refractivity contribution is 0.238. The lowest BCUT2D eigenvalue weighted by atomic mass is 9.77. The molecular formula is C19H30ClN. The maximum atomic E-state index is 6.14. The van der Waals surface area contributed by atoms with Gasteiger partial charge in [-0.2, -0.15) is 0 Å². The number of halogens is 1. The van der Waals surface area contributed by atoms with Gasteiger partial charge in [0.15, 0.2) is 0 Å². The quantitative estimate of drug-likeness (QED) is 0.718. The molecule has 1 fully saturated rings. The predicted octanol–water partition coefficient (Wildman–Crippen LogP) is 5.32. The van der Waals surface area contributed by atoms with Gasteiger partial charge in [-0.3, -0.25) is 0 Å². The lowest BCUT2D eigenvalue weighted by Crippen LogP contribution is -2.33. The van der Waals surface area contributed by atoms with Crippen LogP contribution in [0.25, 0.3) is 0 Å². The van der Waals surface area contributed by atoms with Crippen LogP contribution in [0.15, 0.2) is 24.3 Å². The van der Waals surface area contributed by atoms with Crippen LogP contribution in [0.1, 0.15) is 51.5 Å². The molecule has 0 heterocycles. The van der Waals surface area contributed by atoms with Crippen molar-refractivity contribution in [2.45, 2.75) is 52.4 Å². The summed E-state index contributed by atoms with van der Waals surface area (Å²) in [5.41, 5.74) is 1.39. The van der Waals surface area contributed by atoms with Crippen molar-refractivity contribution < 1.29 is 0 Å². The van der Waals surface area contributed by atoms with Gasteiger partial charge in [-0.05, 0) is 55.0 Å². The van der Waals surface area contributed by atoms with E-state index in [9.17, 15) is 0 Å². The molecule has 0 radical (unpaired) electrons. The van der Waals surface area contributed by atoms with Gasteiger partial charge >= 0.3 is 0 Å². The van der Waals surface area contributed by atoms with Crippen LogP contribution in [0.2, 0.25) is 5.02 Å². The molecule has 1 unspecified atom stereocenters. The number of rotatable bonds is 7. The summed E-state index contributed by atoms with van der Waals surface area (Å²) in [6, 6.07) is 8.42. The highest BCUT2D eigenvalue weighted by molar-refractivity contribution is 6.30. The van der Waals surface area contributed by atoms with Crippen LogP contribution in [0, 0.1) is 17.8 Å². The Morgan fingerprint density at radius 2 is 1.90 bits per heavy atom. The van der Waals surface area contributed by atoms with E-state index >= 15 is 0 Å².